The molecule has 5 heteroatoms. The van der Waals surface area contributed by atoms with Crippen LogP contribution in [0.5, 0.6) is 0 Å². The summed E-state index contributed by atoms with van der Waals surface area (Å²) < 4.78 is 0. The molecule has 0 heterocycles. The van der Waals surface area contributed by atoms with Gasteiger partial charge in [-0.15, -0.1) is 0 Å². The second kappa shape index (κ2) is 7.09. The molecule has 0 spiro atoms. The number of carboxylic acid groups (broad SMARTS) is 1. The molecular formula is C10H20N2O3. The Hall–Kier alpha value is -1.26. The van der Waals surface area contributed by atoms with Crippen molar-refractivity contribution < 1.29 is 14.7 Å². The molecule has 0 saturated heterocycles. The Balaban J connectivity index is 3.99. The Morgan fingerprint density at radius 3 is 2.40 bits per heavy atom. The van der Waals surface area contributed by atoms with Crippen molar-refractivity contribution in [2.45, 2.75) is 26.7 Å². The third-order valence-electron chi connectivity index (χ3n) is 2.31. The number of carboxylic acids is 1. The number of carbonyl (C=O) groups is 2. The highest BCUT2D eigenvalue weighted by atomic mass is 16.4. The van der Waals surface area contributed by atoms with E-state index in [2.05, 4.69) is 5.32 Å². The number of hydrogen-bond acceptors (Lipinski definition) is 2. The molecule has 0 saturated carbocycles. The van der Waals surface area contributed by atoms with Gasteiger partial charge in [-0.1, -0.05) is 13.3 Å². The van der Waals surface area contributed by atoms with E-state index >= 15 is 0 Å². The predicted octanol–water partition coefficient (Wildman–Crippen LogP) is 1.15. The second-order valence-corrected chi connectivity index (χ2v) is 3.52. The van der Waals surface area contributed by atoms with Gasteiger partial charge in [-0.05, 0) is 13.3 Å². The topological polar surface area (TPSA) is 69.6 Å². The first-order valence-corrected chi connectivity index (χ1v) is 5.24. The molecule has 0 aliphatic heterocycles. The van der Waals surface area contributed by atoms with Crippen LogP contribution in [0.15, 0.2) is 0 Å². The van der Waals surface area contributed by atoms with Crippen molar-refractivity contribution in [1.29, 1.82) is 0 Å². The highest BCUT2D eigenvalue weighted by molar-refractivity contribution is 5.75. The number of nitrogens with zero attached hydrogens (tertiary/aromatic N) is 1. The van der Waals surface area contributed by atoms with Gasteiger partial charge in [0, 0.05) is 20.1 Å². The van der Waals surface area contributed by atoms with E-state index in [9.17, 15) is 9.59 Å². The molecular weight excluding hydrogens is 196 g/mol. The van der Waals surface area contributed by atoms with Crippen LogP contribution in [-0.4, -0.2) is 42.1 Å². The number of hydrogen-bond donors (Lipinski definition) is 2. The molecule has 1 atom stereocenters. The Morgan fingerprint density at radius 1 is 1.40 bits per heavy atom. The zero-order valence-electron chi connectivity index (χ0n) is 9.62. The van der Waals surface area contributed by atoms with Crippen molar-refractivity contribution in [3.05, 3.63) is 0 Å². The third kappa shape index (κ3) is 5.24. The summed E-state index contributed by atoms with van der Waals surface area (Å²) in [6, 6.07) is -0.222. The zero-order valence-corrected chi connectivity index (χ0v) is 9.62. The minimum atomic E-state index is -0.851. The van der Waals surface area contributed by atoms with Crippen LogP contribution in [0.1, 0.15) is 26.7 Å². The third-order valence-corrected chi connectivity index (χ3v) is 2.31. The maximum absolute atomic E-state index is 11.3. The van der Waals surface area contributed by atoms with Gasteiger partial charge in [-0.2, -0.15) is 0 Å². The number of carbonyl (C=O) groups excluding carboxylic acids is 1. The number of nitrogens with one attached hydrogen (secondary N) is 1. The first kappa shape index (κ1) is 13.7. The van der Waals surface area contributed by atoms with Crippen LogP contribution in [0.4, 0.5) is 4.79 Å². The lowest BCUT2D eigenvalue weighted by Gasteiger charge is -2.17. The van der Waals surface area contributed by atoms with Crippen molar-refractivity contribution in [1.82, 2.24) is 10.2 Å². The first-order valence-electron chi connectivity index (χ1n) is 5.24. The summed E-state index contributed by atoms with van der Waals surface area (Å²) in [5, 5.41) is 11.5. The van der Waals surface area contributed by atoms with Gasteiger partial charge in [-0.25, -0.2) is 4.79 Å². The van der Waals surface area contributed by atoms with Crippen molar-refractivity contribution in [2.24, 2.45) is 5.92 Å². The van der Waals surface area contributed by atoms with Crippen LogP contribution in [0.2, 0.25) is 0 Å². The molecule has 0 aromatic heterocycles. The average Bonchev–Trinajstić information content (AvgIpc) is 2.21. The normalized spacial score (nSPS) is 11.9. The van der Waals surface area contributed by atoms with Crippen LogP contribution in [0.3, 0.4) is 0 Å². The molecule has 0 aromatic carbocycles. The number of amides is 2. The number of urea groups is 1. The van der Waals surface area contributed by atoms with Gasteiger partial charge in [0.15, 0.2) is 0 Å². The lowest BCUT2D eigenvalue weighted by atomic mass is 10.0. The van der Waals surface area contributed by atoms with E-state index in [0.717, 1.165) is 6.42 Å². The molecule has 0 rings (SSSR count). The van der Waals surface area contributed by atoms with Gasteiger partial charge >= 0.3 is 12.0 Å². The van der Waals surface area contributed by atoms with Crippen molar-refractivity contribution in [3.8, 4) is 0 Å². The minimum absolute atomic E-state index is 0.201. The molecule has 2 amide bonds. The van der Waals surface area contributed by atoms with Crippen molar-refractivity contribution in [2.75, 3.05) is 20.1 Å². The summed E-state index contributed by atoms with van der Waals surface area (Å²) in [4.78, 5) is 23.6. The van der Waals surface area contributed by atoms with Crippen LogP contribution >= 0.6 is 0 Å². The van der Waals surface area contributed by atoms with Gasteiger partial charge in [0.1, 0.15) is 0 Å². The van der Waals surface area contributed by atoms with E-state index in [4.69, 9.17) is 5.11 Å². The Labute approximate surface area is 90.5 Å². The van der Waals surface area contributed by atoms with E-state index in [-0.39, 0.29) is 12.6 Å². The fourth-order valence-corrected chi connectivity index (χ4v) is 1.15. The maximum Gasteiger partial charge on any atom is 0.317 e. The Bertz CT molecular complexity index is 219. The molecule has 0 bridgehead atoms. The lowest BCUT2D eigenvalue weighted by Crippen LogP contribution is -2.40. The summed E-state index contributed by atoms with van der Waals surface area (Å²) >= 11 is 0. The van der Waals surface area contributed by atoms with Gasteiger partial charge in [0.2, 0.25) is 0 Å². The number of aliphatic carboxylic acids is 1. The summed E-state index contributed by atoms with van der Waals surface area (Å²) in [5.41, 5.74) is 0. The number of rotatable bonds is 6. The highest BCUT2D eigenvalue weighted by Crippen LogP contribution is 2.05. The monoisotopic (exact) mass is 216 g/mol. The molecule has 88 valence electrons. The SMILES string of the molecule is CCCC(CNC(=O)N(C)CC)C(=O)O. The van der Waals surface area contributed by atoms with E-state index in [1.165, 1.54) is 4.90 Å². The summed E-state index contributed by atoms with van der Waals surface area (Å²) in [6.45, 7) is 4.60. The minimum Gasteiger partial charge on any atom is -0.481 e. The average molecular weight is 216 g/mol. The predicted molar refractivity (Wildman–Crippen MR) is 57.7 cm³/mol. The summed E-state index contributed by atoms with van der Waals surface area (Å²) in [6.07, 6.45) is 1.39. The van der Waals surface area contributed by atoms with Crippen LogP contribution in [-0.2, 0) is 4.79 Å². The molecule has 15 heavy (non-hydrogen) atoms. The van der Waals surface area contributed by atoms with E-state index in [0.29, 0.717) is 13.0 Å². The highest BCUT2D eigenvalue weighted by Gasteiger charge is 2.17. The van der Waals surface area contributed by atoms with Gasteiger partial charge in [0.25, 0.3) is 0 Å². The Morgan fingerprint density at radius 2 is 2.00 bits per heavy atom. The van der Waals surface area contributed by atoms with Crippen molar-refractivity contribution >= 4 is 12.0 Å². The summed E-state index contributed by atoms with van der Waals surface area (Å²) in [5.74, 6) is -1.33. The molecule has 2 N–H and O–H groups in total. The Kier molecular flexibility index (Phi) is 6.49. The molecule has 0 aromatic rings. The second-order valence-electron chi connectivity index (χ2n) is 3.52. The maximum atomic E-state index is 11.3. The van der Waals surface area contributed by atoms with E-state index in [1.807, 2.05) is 13.8 Å². The largest absolute Gasteiger partial charge is 0.481 e. The molecule has 1 unspecified atom stereocenters. The molecule has 0 aliphatic rings. The van der Waals surface area contributed by atoms with Gasteiger partial charge < -0.3 is 15.3 Å². The standard InChI is InChI=1S/C10H20N2O3/c1-4-6-8(9(13)14)7-11-10(15)12(3)5-2/h8H,4-7H2,1-3H3,(H,11,15)(H,13,14). The summed E-state index contributed by atoms with van der Waals surface area (Å²) in [7, 11) is 1.67. The molecule has 0 fully saturated rings. The first-order chi connectivity index (χ1) is 7.02. The molecule has 5 nitrogen and oxygen atoms in total. The van der Waals surface area contributed by atoms with Gasteiger partial charge in [0.05, 0.1) is 5.92 Å². The van der Waals surface area contributed by atoms with Crippen LogP contribution in [0, 0.1) is 5.92 Å². The van der Waals surface area contributed by atoms with Gasteiger partial charge in [-0.3, -0.25) is 4.79 Å². The molecule has 0 radical (unpaired) electrons. The van der Waals surface area contributed by atoms with Crippen molar-refractivity contribution in [3.63, 3.8) is 0 Å². The smallest absolute Gasteiger partial charge is 0.317 e. The zero-order chi connectivity index (χ0) is 11.8. The quantitative estimate of drug-likeness (QED) is 0.699. The van der Waals surface area contributed by atoms with E-state index in [1.54, 1.807) is 7.05 Å². The fourth-order valence-electron chi connectivity index (χ4n) is 1.15. The van der Waals surface area contributed by atoms with Crippen LogP contribution in [0.25, 0.3) is 0 Å². The fraction of sp³-hybridized carbons (Fsp3) is 0.800. The molecule has 0 aliphatic carbocycles. The van der Waals surface area contributed by atoms with E-state index < -0.39 is 11.9 Å². The lowest BCUT2D eigenvalue weighted by molar-refractivity contribution is -0.141. The van der Waals surface area contributed by atoms with Crippen LogP contribution < -0.4 is 5.32 Å².